The van der Waals surface area contributed by atoms with Crippen LogP contribution in [0.2, 0.25) is 0 Å². The molecular weight excluding hydrogens is 384 g/mol. The van der Waals surface area contributed by atoms with Gasteiger partial charge in [0.1, 0.15) is 0 Å². The van der Waals surface area contributed by atoms with Crippen LogP contribution in [0.15, 0.2) is 30.5 Å². The largest absolute Gasteiger partial charge is 0.454 e. The molecule has 1 aromatic carbocycles. The van der Waals surface area contributed by atoms with Crippen LogP contribution in [-0.2, 0) is 4.79 Å². The fourth-order valence-electron chi connectivity index (χ4n) is 4.82. The highest BCUT2D eigenvalue weighted by molar-refractivity contribution is 8.00. The molecule has 1 aromatic rings. The molecule has 0 unspecified atom stereocenters. The molecule has 1 saturated heterocycles. The maximum Gasteiger partial charge on any atom is 0.231 e. The first kappa shape index (κ1) is 19.2. The van der Waals surface area contributed by atoms with Crippen molar-refractivity contribution in [2.24, 2.45) is 5.92 Å². The molecule has 2 saturated carbocycles. The van der Waals surface area contributed by atoms with Gasteiger partial charge in [0.2, 0.25) is 12.7 Å². The molecule has 2 heterocycles. The standard InChI is InChI=1S/C23H30N2O3S/c1-16(14-29-18-4-2-3-5-18)24-8-10-25(11-9-24)23(26)20-13-19(20)17-6-7-21-22(12-17)28-15-27-21/h6-7,12,18-20H,1-5,8-11,13-15H2/t19-,20+/m0/s1. The summed E-state index contributed by atoms with van der Waals surface area (Å²) in [6.07, 6.45) is 6.46. The van der Waals surface area contributed by atoms with Gasteiger partial charge in [-0.2, -0.15) is 11.8 Å². The Balaban J connectivity index is 1.09. The number of rotatable bonds is 6. The number of hydrogen-bond acceptors (Lipinski definition) is 5. The zero-order chi connectivity index (χ0) is 19.8. The van der Waals surface area contributed by atoms with E-state index in [1.165, 1.54) is 36.9 Å². The van der Waals surface area contributed by atoms with Gasteiger partial charge < -0.3 is 19.3 Å². The molecule has 0 aromatic heterocycles. The predicted molar refractivity (Wildman–Crippen MR) is 115 cm³/mol. The summed E-state index contributed by atoms with van der Waals surface area (Å²) in [4.78, 5) is 17.4. The second-order valence-corrected chi connectivity index (χ2v) is 9.95. The number of benzene rings is 1. The summed E-state index contributed by atoms with van der Waals surface area (Å²) in [5.74, 6) is 3.42. The molecule has 0 spiro atoms. The average Bonchev–Trinajstić information content (AvgIpc) is 3.14. The number of ether oxygens (including phenoxy) is 2. The number of hydrogen-bond donors (Lipinski definition) is 0. The maximum atomic E-state index is 13.0. The van der Waals surface area contributed by atoms with Crippen LogP contribution < -0.4 is 9.47 Å². The van der Waals surface area contributed by atoms with Gasteiger partial charge in [-0.25, -0.2) is 0 Å². The van der Waals surface area contributed by atoms with E-state index in [4.69, 9.17) is 9.47 Å². The summed E-state index contributed by atoms with van der Waals surface area (Å²) in [6, 6.07) is 6.09. The molecule has 156 valence electrons. The number of nitrogens with zero attached hydrogens (tertiary/aromatic N) is 2. The number of thioether (sulfide) groups is 1. The smallest absolute Gasteiger partial charge is 0.231 e. The minimum Gasteiger partial charge on any atom is -0.454 e. The number of amides is 1. The molecule has 4 aliphatic rings. The lowest BCUT2D eigenvalue weighted by Crippen LogP contribution is -2.49. The van der Waals surface area contributed by atoms with Crippen LogP contribution in [0.25, 0.3) is 0 Å². The Morgan fingerprint density at radius 3 is 2.59 bits per heavy atom. The van der Waals surface area contributed by atoms with Gasteiger partial charge >= 0.3 is 0 Å². The van der Waals surface area contributed by atoms with Crippen molar-refractivity contribution in [1.29, 1.82) is 0 Å². The summed E-state index contributed by atoms with van der Waals surface area (Å²) in [7, 11) is 0. The number of fused-ring (bicyclic) bond motifs is 1. The first-order chi connectivity index (χ1) is 14.2. The van der Waals surface area contributed by atoms with E-state index in [0.29, 0.717) is 18.6 Å². The van der Waals surface area contributed by atoms with E-state index in [2.05, 4.69) is 34.2 Å². The van der Waals surface area contributed by atoms with Gasteiger partial charge in [-0.15, -0.1) is 0 Å². The summed E-state index contributed by atoms with van der Waals surface area (Å²) in [5, 5.41) is 0.831. The van der Waals surface area contributed by atoms with Crippen molar-refractivity contribution in [1.82, 2.24) is 9.80 Å². The van der Waals surface area contributed by atoms with Crippen LogP contribution >= 0.6 is 11.8 Å². The molecule has 5 nitrogen and oxygen atoms in total. The second kappa shape index (κ2) is 8.13. The first-order valence-electron chi connectivity index (χ1n) is 10.9. The Morgan fingerprint density at radius 2 is 1.79 bits per heavy atom. The summed E-state index contributed by atoms with van der Waals surface area (Å²) in [5.41, 5.74) is 2.43. The monoisotopic (exact) mass is 414 g/mol. The van der Waals surface area contributed by atoms with E-state index >= 15 is 0 Å². The van der Waals surface area contributed by atoms with Crippen molar-refractivity contribution in [2.45, 2.75) is 43.3 Å². The van der Waals surface area contributed by atoms with E-state index < -0.39 is 0 Å². The predicted octanol–water partition coefficient (Wildman–Crippen LogP) is 3.85. The van der Waals surface area contributed by atoms with Crippen LogP contribution in [0.4, 0.5) is 0 Å². The minimum atomic E-state index is 0.128. The van der Waals surface area contributed by atoms with Crippen LogP contribution in [0.3, 0.4) is 0 Å². The van der Waals surface area contributed by atoms with E-state index in [0.717, 1.165) is 55.1 Å². The molecule has 2 aliphatic carbocycles. The third-order valence-corrected chi connectivity index (χ3v) is 8.20. The highest BCUT2D eigenvalue weighted by Crippen LogP contribution is 2.50. The molecule has 5 rings (SSSR count). The molecule has 0 bridgehead atoms. The van der Waals surface area contributed by atoms with Crippen LogP contribution in [0.1, 0.15) is 43.6 Å². The van der Waals surface area contributed by atoms with Gasteiger partial charge in [0.05, 0.1) is 0 Å². The normalized spacial score (nSPS) is 26.1. The number of carbonyl (C=O) groups is 1. The zero-order valence-corrected chi connectivity index (χ0v) is 17.8. The lowest BCUT2D eigenvalue weighted by molar-refractivity contribution is -0.134. The van der Waals surface area contributed by atoms with Crippen molar-refractivity contribution < 1.29 is 14.3 Å². The van der Waals surface area contributed by atoms with Crippen molar-refractivity contribution in [3.8, 4) is 11.5 Å². The fraction of sp³-hybridized carbons (Fsp3) is 0.609. The molecule has 3 fully saturated rings. The number of piperazine rings is 1. The SMILES string of the molecule is C=C(CSC1CCCC1)N1CCN(C(=O)[C@@H]2C[C@H]2c2ccc3c(c2)OCO3)CC1. The van der Waals surface area contributed by atoms with Crippen LogP contribution in [0, 0.1) is 5.92 Å². The summed E-state index contributed by atoms with van der Waals surface area (Å²) >= 11 is 2.07. The van der Waals surface area contributed by atoms with E-state index in [-0.39, 0.29) is 5.92 Å². The molecule has 1 amide bonds. The quantitative estimate of drug-likeness (QED) is 0.707. The van der Waals surface area contributed by atoms with Crippen molar-refractivity contribution >= 4 is 17.7 Å². The highest BCUT2D eigenvalue weighted by Gasteiger charge is 2.46. The fourth-order valence-corrected chi connectivity index (χ4v) is 6.10. The van der Waals surface area contributed by atoms with Crippen molar-refractivity contribution in [3.63, 3.8) is 0 Å². The third-order valence-electron chi connectivity index (χ3n) is 6.76. The van der Waals surface area contributed by atoms with Crippen LogP contribution in [-0.4, -0.2) is 59.7 Å². The summed E-state index contributed by atoms with van der Waals surface area (Å²) < 4.78 is 10.9. The van der Waals surface area contributed by atoms with Crippen LogP contribution in [0.5, 0.6) is 11.5 Å². The topological polar surface area (TPSA) is 42.0 Å². The minimum absolute atomic E-state index is 0.128. The second-order valence-electron chi connectivity index (χ2n) is 8.66. The Labute approximate surface area is 177 Å². The molecular formula is C23H30N2O3S. The van der Waals surface area contributed by atoms with Gasteiger partial charge in [0.15, 0.2) is 11.5 Å². The van der Waals surface area contributed by atoms with Gasteiger partial charge in [0, 0.05) is 48.8 Å². The van der Waals surface area contributed by atoms with Crippen molar-refractivity contribution in [2.75, 3.05) is 38.7 Å². The molecule has 2 aliphatic heterocycles. The first-order valence-corrected chi connectivity index (χ1v) is 12.0. The van der Waals surface area contributed by atoms with E-state index in [1.807, 2.05) is 12.1 Å². The summed E-state index contributed by atoms with van der Waals surface area (Å²) in [6.45, 7) is 8.07. The van der Waals surface area contributed by atoms with Gasteiger partial charge in [-0.1, -0.05) is 25.5 Å². The Morgan fingerprint density at radius 1 is 1.07 bits per heavy atom. The highest BCUT2D eigenvalue weighted by atomic mass is 32.2. The Kier molecular flexibility index (Phi) is 5.37. The number of carbonyl (C=O) groups excluding carboxylic acids is 1. The molecule has 29 heavy (non-hydrogen) atoms. The maximum absolute atomic E-state index is 13.0. The average molecular weight is 415 g/mol. The van der Waals surface area contributed by atoms with Crippen molar-refractivity contribution in [3.05, 3.63) is 36.0 Å². The molecule has 0 radical (unpaired) electrons. The molecule has 0 N–H and O–H groups in total. The molecule has 2 atom stereocenters. The lowest BCUT2D eigenvalue weighted by Gasteiger charge is -2.37. The van der Waals surface area contributed by atoms with E-state index in [1.54, 1.807) is 0 Å². The Hall–Kier alpha value is -1.82. The van der Waals surface area contributed by atoms with Gasteiger partial charge in [-0.05, 0) is 42.9 Å². The van der Waals surface area contributed by atoms with Gasteiger partial charge in [0.25, 0.3) is 0 Å². The Bertz CT molecular complexity index is 784. The van der Waals surface area contributed by atoms with E-state index in [9.17, 15) is 4.79 Å². The van der Waals surface area contributed by atoms with Gasteiger partial charge in [-0.3, -0.25) is 4.79 Å². The third kappa shape index (κ3) is 4.09. The lowest BCUT2D eigenvalue weighted by atomic mass is 10.1. The zero-order valence-electron chi connectivity index (χ0n) is 17.0. The molecule has 6 heteroatoms.